The predicted molar refractivity (Wildman–Crippen MR) is 100 cm³/mol. The molecule has 0 aliphatic carbocycles. The first-order valence-electron chi connectivity index (χ1n) is 8.77. The second kappa shape index (κ2) is 9.07. The third-order valence-corrected chi connectivity index (χ3v) is 4.18. The van der Waals surface area contributed by atoms with Crippen molar-refractivity contribution in [1.29, 1.82) is 0 Å². The molecule has 2 aromatic rings. The summed E-state index contributed by atoms with van der Waals surface area (Å²) in [4.78, 5) is 20.0. The highest BCUT2D eigenvalue weighted by Crippen LogP contribution is 2.19. The molecule has 0 spiro atoms. The number of anilines is 1. The Hall–Kier alpha value is -2.77. The molecule has 0 saturated heterocycles. The van der Waals surface area contributed by atoms with E-state index in [4.69, 9.17) is 4.84 Å². The summed E-state index contributed by atoms with van der Waals surface area (Å²) in [5.74, 6) is -0.114. The fourth-order valence-corrected chi connectivity index (χ4v) is 2.50. The lowest BCUT2D eigenvalue weighted by Crippen LogP contribution is -2.31. The predicted octanol–water partition coefficient (Wildman–Crippen LogP) is 3.01. The number of rotatable bonds is 8. The molecule has 0 N–H and O–H groups in total. The number of carbonyl (C=O) groups is 1. The van der Waals surface area contributed by atoms with Crippen molar-refractivity contribution in [3.63, 3.8) is 0 Å². The highest BCUT2D eigenvalue weighted by Gasteiger charge is 2.22. The molecule has 0 aromatic carbocycles. The minimum Gasteiger partial charge on any atom is -0.394 e. The van der Waals surface area contributed by atoms with E-state index in [2.05, 4.69) is 20.5 Å². The number of nitrogens with zero attached hydrogens (tertiary/aromatic N) is 6. The third-order valence-electron chi connectivity index (χ3n) is 4.18. The quantitative estimate of drug-likeness (QED) is 0.535. The van der Waals surface area contributed by atoms with Crippen LogP contribution in [0.2, 0.25) is 0 Å². The molecule has 1 atom stereocenters. The summed E-state index contributed by atoms with van der Waals surface area (Å²) in [5, 5.41) is 16.0. The zero-order valence-electron chi connectivity index (χ0n) is 16.0. The average Bonchev–Trinajstić information content (AvgIpc) is 3.04. The standard InChI is InChI=1S/C18H26N6O2/c1-6-13(3)22-26-12-14(4)24-15(5)17(11-21-24)18(25)23(7-2)16-8-9-19-20-10-16/h8-11,14H,6-7,12H2,1-5H3/b22-13+. The molecule has 0 fully saturated rings. The lowest BCUT2D eigenvalue weighted by atomic mass is 10.2. The van der Waals surface area contributed by atoms with Crippen molar-refractivity contribution in [2.45, 2.75) is 47.1 Å². The van der Waals surface area contributed by atoms with Gasteiger partial charge >= 0.3 is 0 Å². The lowest BCUT2D eigenvalue weighted by molar-refractivity contribution is 0.0985. The molecular formula is C18H26N6O2. The fraction of sp³-hybridized carbons (Fsp3) is 0.500. The van der Waals surface area contributed by atoms with Crippen LogP contribution in [0.15, 0.2) is 29.8 Å². The van der Waals surface area contributed by atoms with Crippen LogP contribution in [0.25, 0.3) is 0 Å². The van der Waals surface area contributed by atoms with E-state index in [9.17, 15) is 4.79 Å². The number of aromatic nitrogens is 4. The van der Waals surface area contributed by atoms with Gasteiger partial charge in [-0.15, -0.1) is 0 Å². The van der Waals surface area contributed by atoms with Crippen LogP contribution in [0, 0.1) is 6.92 Å². The van der Waals surface area contributed by atoms with Crippen molar-refractivity contribution in [2.24, 2.45) is 5.16 Å². The molecule has 2 aromatic heterocycles. The Morgan fingerprint density at radius 1 is 1.35 bits per heavy atom. The molecule has 0 aliphatic heterocycles. The van der Waals surface area contributed by atoms with Gasteiger partial charge in [0.25, 0.3) is 5.91 Å². The maximum atomic E-state index is 12.9. The van der Waals surface area contributed by atoms with E-state index in [1.54, 1.807) is 34.2 Å². The van der Waals surface area contributed by atoms with Gasteiger partial charge in [-0.3, -0.25) is 9.48 Å². The van der Waals surface area contributed by atoms with Crippen molar-refractivity contribution in [1.82, 2.24) is 20.0 Å². The average molecular weight is 358 g/mol. The van der Waals surface area contributed by atoms with Crippen molar-refractivity contribution >= 4 is 17.3 Å². The van der Waals surface area contributed by atoms with Gasteiger partial charge in [-0.1, -0.05) is 12.1 Å². The number of hydrogen-bond donors (Lipinski definition) is 0. The van der Waals surface area contributed by atoms with Gasteiger partial charge in [0.2, 0.25) is 0 Å². The van der Waals surface area contributed by atoms with E-state index in [1.807, 2.05) is 34.6 Å². The first kappa shape index (κ1) is 19.6. The Morgan fingerprint density at radius 2 is 2.12 bits per heavy atom. The molecule has 1 amide bonds. The Morgan fingerprint density at radius 3 is 2.73 bits per heavy atom. The number of amides is 1. The van der Waals surface area contributed by atoms with Gasteiger partial charge in [0.05, 0.1) is 41.6 Å². The van der Waals surface area contributed by atoms with Crippen LogP contribution in [0.5, 0.6) is 0 Å². The molecular weight excluding hydrogens is 332 g/mol. The SMILES string of the molecule is CC/C(C)=N/OCC(C)n1ncc(C(=O)N(CC)c2ccnnc2)c1C. The van der Waals surface area contributed by atoms with E-state index in [1.165, 1.54) is 0 Å². The Balaban J connectivity index is 2.15. The smallest absolute Gasteiger partial charge is 0.261 e. The molecule has 140 valence electrons. The van der Waals surface area contributed by atoms with Crippen LogP contribution in [0.3, 0.4) is 0 Å². The first-order chi connectivity index (χ1) is 12.5. The molecule has 0 saturated carbocycles. The summed E-state index contributed by atoms with van der Waals surface area (Å²) in [6.07, 6.45) is 5.60. The third kappa shape index (κ3) is 4.44. The Bertz CT molecular complexity index is 756. The zero-order valence-corrected chi connectivity index (χ0v) is 16.0. The lowest BCUT2D eigenvalue weighted by Gasteiger charge is -2.20. The fourth-order valence-electron chi connectivity index (χ4n) is 2.50. The van der Waals surface area contributed by atoms with Crippen LogP contribution in [-0.2, 0) is 4.84 Å². The van der Waals surface area contributed by atoms with Crippen molar-refractivity contribution < 1.29 is 9.63 Å². The molecule has 1 unspecified atom stereocenters. The summed E-state index contributed by atoms with van der Waals surface area (Å²) in [7, 11) is 0. The van der Waals surface area contributed by atoms with E-state index < -0.39 is 0 Å². The second-order valence-corrected chi connectivity index (χ2v) is 6.06. The highest BCUT2D eigenvalue weighted by atomic mass is 16.6. The first-order valence-corrected chi connectivity index (χ1v) is 8.77. The van der Waals surface area contributed by atoms with Gasteiger partial charge in [0.15, 0.2) is 0 Å². The van der Waals surface area contributed by atoms with E-state index in [-0.39, 0.29) is 11.9 Å². The molecule has 8 nitrogen and oxygen atoms in total. The van der Waals surface area contributed by atoms with E-state index in [0.29, 0.717) is 24.4 Å². The zero-order chi connectivity index (χ0) is 19.1. The summed E-state index contributed by atoms with van der Waals surface area (Å²) < 4.78 is 1.79. The number of hydrogen-bond acceptors (Lipinski definition) is 6. The summed E-state index contributed by atoms with van der Waals surface area (Å²) in [6.45, 7) is 10.7. The number of oxime groups is 1. The number of carbonyl (C=O) groups excluding carboxylic acids is 1. The van der Waals surface area contributed by atoms with Gasteiger partial charge in [0, 0.05) is 12.2 Å². The summed E-state index contributed by atoms with van der Waals surface area (Å²) in [6, 6.07) is 1.72. The van der Waals surface area contributed by atoms with Gasteiger partial charge < -0.3 is 9.74 Å². The summed E-state index contributed by atoms with van der Waals surface area (Å²) >= 11 is 0. The van der Waals surface area contributed by atoms with Gasteiger partial charge in [0.1, 0.15) is 6.61 Å². The molecule has 0 bridgehead atoms. The minimum atomic E-state index is -0.114. The molecule has 2 heterocycles. The molecule has 0 radical (unpaired) electrons. The topological polar surface area (TPSA) is 85.5 Å². The molecule has 8 heteroatoms. The van der Waals surface area contributed by atoms with E-state index in [0.717, 1.165) is 17.8 Å². The maximum Gasteiger partial charge on any atom is 0.261 e. The van der Waals surface area contributed by atoms with Crippen LogP contribution >= 0.6 is 0 Å². The van der Waals surface area contributed by atoms with Gasteiger partial charge in [-0.25, -0.2) is 0 Å². The molecule has 26 heavy (non-hydrogen) atoms. The second-order valence-electron chi connectivity index (χ2n) is 6.06. The van der Waals surface area contributed by atoms with Crippen LogP contribution in [-0.4, -0.2) is 44.7 Å². The largest absolute Gasteiger partial charge is 0.394 e. The molecule has 2 rings (SSSR count). The summed E-state index contributed by atoms with van der Waals surface area (Å²) in [5.41, 5.74) is 3.00. The van der Waals surface area contributed by atoms with Gasteiger partial charge in [-0.05, 0) is 40.2 Å². The van der Waals surface area contributed by atoms with Crippen molar-refractivity contribution in [2.75, 3.05) is 18.1 Å². The van der Waals surface area contributed by atoms with Crippen molar-refractivity contribution in [3.05, 3.63) is 35.9 Å². The van der Waals surface area contributed by atoms with Crippen LogP contribution < -0.4 is 4.90 Å². The minimum absolute atomic E-state index is 0.0392. The highest BCUT2D eigenvalue weighted by molar-refractivity contribution is 6.06. The Kier molecular flexibility index (Phi) is 6.82. The normalized spacial score (nSPS) is 12.7. The monoisotopic (exact) mass is 358 g/mol. The van der Waals surface area contributed by atoms with Crippen molar-refractivity contribution in [3.8, 4) is 0 Å². The maximum absolute atomic E-state index is 12.9. The van der Waals surface area contributed by atoms with Crippen LogP contribution in [0.1, 0.15) is 56.2 Å². The van der Waals surface area contributed by atoms with Crippen LogP contribution in [0.4, 0.5) is 5.69 Å². The Labute approximate surface area is 153 Å². The van der Waals surface area contributed by atoms with Gasteiger partial charge in [-0.2, -0.15) is 15.3 Å². The molecule has 0 aliphatic rings. The van der Waals surface area contributed by atoms with E-state index >= 15 is 0 Å².